The third-order valence-corrected chi connectivity index (χ3v) is 6.64. The van der Waals surface area contributed by atoms with E-state index in [9.17, 15) is 8.42 Å². The molecule has 1 aliphatic rings. The molecule has 1 aliphatic heterocycles. The highest BCUT2D eigenvalue weighted by Gasteiger charge is 2.24. The van der Waals surface area contributed by atoms with Crippen LogP contribution in [0.4, 0.5) is 11.4 Å². The summed E-state index contributed by atoms with van der Waals surface area (Å²) in [5, 5.41) is 3.83. The van der Waals surface area contributed by atoms with E-state index in [1.807, 2.05) is 19.1 Å². The summed E-state index contributed by atoms with van der Waals surface area (Å²) >= 11 is 6.26. The third kappa shape index (κ3) is 5.68. The highest BCUT2D eigenvalue weighted by molar-refractivity contribution is 7.90. The molecule has 0 aliphatic carbocycles. The van der Waals surface area contributed by atoms with Crippen LogP contribution in [0.15, 0.2) is 35.2 Å². The highest BCUT2D eigenvalue weighted by atomic mass is 35.5. The van der Waals surface area contributed by atoms with E-state index in [4.69, 9.17) is 26.8 Å². The molecule has 7 nitrogen and oxygen atoms in total. The van der Waals surface area contributed by atoms with E-state index in [1.165, 1.54) is 6.26 Å². The number of benzene rings is 2. The molecule has 0 saturated carbocycles. The molecule has 3 N–H and O–H groups in total. The quantitative estimate of drug-likeness (QED) is 0.608. The minimum absolute atomic E-state index is 0. The van der Waals surface area contributed by atoms with Crippen LogP contribution in [-0.4, -0.2) is 48.0 Å². The Morgan fingerprint density at radius 2 is 1.94 bits per heavy atom. The van der Waals surface area contributed by atoms with Gasteiger partial charge in [0.05, 0.1) is 30.8 Å². The van der Waals surface area contributed by atoms with Crippen molar-refractivity contribution in [3.05, 3.63) is 40.9 Å². The van der Waals surface area contributed by atoms with Crippen LogP contribution in [0.2, 0.25) is 5.02 Å². The normalized spacial score (nSPS) is 17.1. The van der Waals surface area contributed by atoms with Gasteiger partial charge in [0, 0.05) is 47.7 Å². The van der Waals surface area contributed by atoms with Crippen molar-refractivity contribution < 1.29 is 17.9 Å². The van der Waals surface area contributed by atoms with Gasteiger partial charge in [0.15, 0.2) is 21.3 Å². The van der Waals surface area contributed by atoms with Crippen LogP contribution < -0.4 is 25.4 Å². The number of nitrogens with zero attached hydrogens (tertiary/aromatic N) is 1. The Labute approximate surface area is 195 Å². The van der Waals surface area contributed by atoms with Gasteiger partial charge in [0.1, 0.15) is 0 Å². The summed E-state index contributed by atoms with van der Waals surface area (Å²) in [5.41, 5.74) is 8.25. The maximum absolute atomic E-state index is 12.4. The van der Waals surface area contributed by atoms with E-state index in [0.29, 0.717) is 22.2 Å². The van der Waals surface area contributed by atoms with Crippen LogP contribution in [0, 0.1) is 0 Å². The Morgan fingerprint density at radius 1 is 1.23 bits per heavy atom. The molecule has 31 heavy (non-hydrogen) atoms. The largest absolute Gasteiger partial charge is 0.493 e. The van der Waals surface area contributed by atoms with E-state index < -0.39 is 9.84 Å². The maximum atomic E-state index is 12.4. The van der Waals surface area contributed by atoms with Crippen molar-refractivity contribution in [3.63, 3.8) is 0 Å². The molecule has 1 fully saturated rings. The summed E-state index contributed by atoms with van der Waals surface area (Å²) in [7, 11) is -0.336. The van der Waals surface area contributed by atoms with Crippen molar-refractivity contribution in [1.82, 2.24) is 0 Å². The summed E-state index contributed by atoms with van der Waals surface area (Å²) in [6, 6.07) is 8.60. The molecule has 0 bridgehead atoms. The summed E-state index contributed by atoms with van der Waals surface area (Å²) in [4.78, 5) is 2.39. The van der Waals surface area contributed by atoms with Crippen LogP contribution in [0.1, 0.15) is 24.9 Å². The van der Waals surface area contributed by atoms with Gasteiger partial charge in [0.2, 0.25) is 0 Å². The van der Waals surface area contributed by atoms with Gasteiger partial charge in [-0.3, -0.25) is 0 Å². The van der Waals surface area contributed by atoms with Gasteiger partial charge in [-0.1, -0.05) is 11.6 Å². The first-order chi connectivity index (χ1) is 14.1. The number of sulfone groups is 1. The van der Waals surface area contributed by atoms with Crippen LogP contribution in [0.25, 0.3) is 0 Å². The van der Waals surface area contributed by atoms with E-state index >= 15 is 0 Å². The lowest BCUT2D eigenvalue weighted by atomic mass is 10.1. The van der Waals surface area contributed by atoms with Crippen molar-refractivity contribution in [3.8, 4) is 11.5 Å². The number of halogens is 2. The molecule has 0 spiro atoms. The van der Waals surface area contributed by atoms with Gasteiger partial charge >= 0.3 is 0 Å². The summed E-state index contributed by atoms with van der Waals surface area (Å²) in [5.74, 6) is 1.06. The van der Waals surface area contributed by atoms with Crippen LogP contribution in [0.5, 0.6) is 11.5 Å². The van der Waals surface area contributed by atoms with Crippen LogP contribution in [-0.2, 0) is 9.84 Å². The van der Waals surface area contributed by atoms with E-state index in [1.54, 1.807) is 32.4 Å². The number of methoxy groups -OCH3 is 2. The minimum Gasteiger partial charge on any atom is -0.493 e. The highest BCUT2D eigenvalue weighted by Crippen LogP contribution is 2.40. The van der Waals surface area contributed by atoms with Gasteiger partial charge in [-0.2, -0.15) is 0 Å². The molecule has 172 valence electrons. The average Bonchev–Trinajstić information content (AvgIpc) is 3.12. The first-order valence-corrected chi connectivity index (χ1v) is 11.9. The third-order valence-electron chi connectivity index (χ3n) is 5.26. The Balaban J connectivity index is 0.00000341. The second kappa shape index (κ2) is 10.2. The number of nitrogens with one attached hydrogen (secondary N) is 1. The molecular weight excluding hydrogens is 461 g/mol. The number of hydrogen-bond donors (Lipinski definition) is 2. The predicted octanol–water partition coefficient (Wildman–Crippen LogP) is 3.89. The zero-order valence-electron chi connectivity index (χ0n) is 18.0. The predicted molar refractivity (Wildman–Crippen MR) is 128 cm³/mol. The zero-order valence-corrected chi connectivity index (χ0v) is 20.4. The topological polar surface area (TPSA) is 93.9 Å². The smallest absolute Gasteiger partial charge is 0.177 e. The fraction of sp³-hybridized carbons (Fsp3) is 0.429. The lowest BCUT2D eigenvalue weighted by molar-refractivity contribution is 0.350. The number of hydrogen-bond acceptors (Lipinski definition) is 7. The van der Waals surface area contributed by atoms with Gasteiger partial charge in [-0.25, -0.2) is 8.42 Å². The van der Waals surface area contributed by atoms with Crippen molar-refractivity contribution in [2.24, 2.45) is 5.73 Å². The maximum Gasteiger partial charge on any atom is 0.177 e. The fourth-order valence-electron chi connectivity index (χ4n) is 3.76. The number of rotatable bonds is 7. The van der Waals surface area contributed by atoms with Gasteiger partial charge in [-0.05, 0) is 37.6 Å². The molecule has 0 aromatic heterocycles. The van der Waals surface area contributed by atoms with Gasteiger partial charge in [-0.15, -0.1) is 12.4 Å². The van der Waals surface area contributed by atoms with Gasteiger partial charge in [0.25, 0.3) is 0 Å². The van der Waals surface area contributed by atoms with Crippen LogP contribution >= 0.6 is 24.0 Å². The van der Waals surface area contributed by atoms with E-state index in [-0.39, 0.29) is 29.4 Å². The molecule has 0 amide bonds. The molecule has 0 radical (unpaired) electrons. The SMILES string of the molecule is COc1cc(Cl)cc([C@@H](C)Nc2cc(N3CCC(N)C3)ccc2S(C)(=O)=O)c1OC.Cl. The lowest BCUT2D eigenvalue weighted by Crippen LogP contribution is -2.26. The molecule has 3 rings (SSSR count). The van der Waals surface area contributed by atoms with Crippen LogP contribution in [0.3, 0.4) is 0 Å². The fourth-order valence-corrected chi connectivity index (χ4v) is 4.81. The van der Waals surface area contributed by atoms with Crippen molar-refractivity contribution in [1.29, 1.82) is 0 Å². The first-order valence-electron chi connectivity index (χ1n) is 9.66. The zero-order chi connectivity index (χ0) is 22.1. The average molecular weight is 490 g/mol. The number of nitrogens with two attached hydrogens (primary N) is 1. The van der Waals surface area contributed by atoms with E-state index in [0.717, 1.165) is 30.8 Å². The number of anilines is 2. The Bertz CT molecular complexity index is 1030. The minimum atomic E-state index is -3.44. The molecule has 2 atom stereocenters. The summed E-state index contributed by atoms with van der Waals surface area (Å²) in [6.45, 7) is 3.50. The van der Waals surface area contributed by atoms with Crippen molar-refractivity contribution in [2.75, 3.05) is 43.8 Å². The second-order valence-corrected chi connectivity index (χ2v) is 9.96. The molecule has 2 aromatic carbocycles. The molecular formula is C21H29Cl2N3O4S. The lowest BCUT2D eigenvalue weighted by Gasteiger charge is -2.24. The summed E-state index contributed by atoms with van der Waals surface area (Å²) < 4.78 is 35.7. The Hall–Kier alpha value is -1.87. The monoisotopic (exact) mass is 489 g/mol. The number of ether oxygens (including phenoxy) is 2. The van der Waals surface area contributed by atoms with Crippen molar-refractivity contribution >= 4 is 45.2 Å². The first kappa shape index (κ1) is 25.4. The Morgan fingerprint density at radius 3 is 2.48 bits per heavy atom. The molecule has 1 heterocycles. The second-order valence-electron chi connectivity index (χ2n) is 7.54. The van der Waals surface area contributed by atoms with Gasteiger partial charge < -0.3 is 25.4 Å². The van der Waals surface area contributed by atoms with E-state index in [2.05, 4.69) is 10.2 Å². The molecule has 1 unspecified atom stereocenters. The summed E-state index contributed by atoms with van der Waals surface area (Å²) in [6.07, 6.45) is 2.11. The molecule has 10 heteroatoms. The molecule has 1 saturated heterocycles. The van der Waals surface area contributed by atoms with Crippen molar-refractivity contribution in [2.45, 2.75) is 30.3 Å². The molecule has 2 aromatic rings. The Kier molecular flexibility index (Phi) is 8.33. The standard InChI is InChI=1S/C21H28ClN3O4S.ClH/c1-13(17-9-14(22)10-19(28-2)21(17)29-3)24-18-11-16(25-8-7-15(23)12-25)5-6-20(18)30(4,26)27;/h5-6,9-11,13,15,24H,7-8,12,23H2,1-4H3;1H/t13-,15?;/m1./s1.